The SMILES string of the molecule is O=C(CN1CC[C@H](O)C1)c1cccs1. The number of β-amino-alcohol motifs (C(OH)–C–C–N with tert-alkyl or cyclic N) is 1. The van der Waals surface area contributed by atoms with E-state index in [0.29, 0.717) is 13.1 Å². The lowest BCUT2D eigenvalue weighted by Crippen LogP contribution is -2.28. The summed E-state index contributed by atoms with van der Waals surface area (Å²) >= 11 is 1.48. The molecular weight excluding hydrogens is 198 g/mol. The van der Waals surface area contributed by atoms with Crippen LogP contribution in [0.3, 0.4) is 0 Å². The summed E-state index contributed by atoms with van der Waals surface area (Å²) in [6.07, 6.45) is 0.545. The summed E-state index contributed by atoms with van der Waals surface area (Å²) in [6, 6.07) is 3.73. The maximum absolute atomic E-state index is 11.7. The summed E-state index contributed by atoms with van der Waals surface area (Å²) in [5.74, 6) is 0.161. The predicted molar refractivity (Wildman–Crippen MR) is 55.7 cm³/mol. The standard InChI is InChI=1S/C10H13NO2S/c12-8-3-4-11(6-8)7-9(13)10-2-1-5-14-10/h1-2,5,8,12H,3-4,6-7H2/t8-/m0/s1. The minimum atomic E-state index is -0.244. The number of aliphatic hydroxyl groups excluding tert-OH is 1. The molecule has 1 fully saturated rings. The molecule has 3 nitrogen and oxygen atoms in total. The van der Waals surface area contributed by atoms with Crippen LogP contribution in [0.4, 0.5) is 0 Å². The van der Waals surface area contributed by atoms with E-state index in [2.05, 4.69) is 0 Å². The zero-order valence-electron chi connectivity index (χ0n) is 7.85. The number of thiophene rings is 1. The van der Waals surface area contributed by atoms with Gasteiger partial charge in [0.05, 0.1) is 17.5 Å². The average Bonchev–Trinajstić information content (AvgIpc) is 2.75. The molecule has 1 aliphatic rings. The van der Waals surface area contributed by atoms with Crippen molar-refractivity contribution in [1.29, 1.82) is 0 Å². The third kappa shape index (κ3) is 2.20. The van der Waals surface area contributed by atoms with Gasteiger partial charge in [-0.15, -0.1) is 11.3 Å². The molecule has 0 amide bonds. The maximum Gasteiger partial charge on any atom is 0.186 e. The molecule has 1 atom stereocenters. The van der Waals surface area contributed by atoms with Crippen LogP contribution >= 0.6 is 11.3 Å². The van der Waals surface area contributed by atoms with Crippen molar-refractivity contribution in [2.45, 2.75) is 12.5 Å². The summed E-state index contributed by atoms with van der Waals surface area (Å²) in [5, 5.41) is 11.2. The van der Waals surface area contributed by atoms with Gasteiger partial charge in [0.2, 0.25) is 0 Å². The average molecular weight is 211 g/mol. The Kier molecular flexibility index (Phi) is 2.96. The number of rotatable bonds is 3. The molecule has 4 heteroatoms. The molecule has 0 unspecified atom stereocenters. The second kappa shape index (κ2) is 4.21. The highest BCUT2D eigenvalue weighted by molar-refractivity contribution is 7.12. The van der Waals surface area contributed by atoms with Gasteiger partial charge in [-0.2, -0.15) is 0 Å². The van der Waals surface area contributed by atoms with Crippen molar-refractivity contribution in [1.82, 2.24) is 4.90 Å². The van der Waals surface area contributed by atoms with Crippen LogP contribution in [0.1, 0.15) is 16.1 Å². The lowest BCUT2D eigenvalue weighted by molar-refractivity contribution is 0.0939. The molecule has 14 heavy (non-hydrogen) atoms. The van der Waals surface area contributed by atoms with Crippen LogP contribution in [0.25, 0.3) is 0 Å². The van der Waals surface area contributed by atoms with Crippen LogP contribution in [-0.2, 0) is 0 Å². The van der Waals surface area contributed by atoms with E-state index in [4.69, 9.17) is 0 Å². The van der Waals surface area contributed by atoms with Crippen molar-refractivity contribution < 1.29 is 9.90 Å². The fourth-order valence-corrected chi connectivity index (χ4v) is 2.33. The van der Waals surface area contributed by atoms with E-state index in [9.17, 15) is 9.90 Å². The summed E-state index contributed by atoms with van der Waals surface area (Å²) in [4.78, 5) is 14.5. The first-order valence-electron chi connectivity index (χ1n) is 4.73. The van der Waals surface area contributed by atoms with Gasteiger partial charge in [0.25, 0.3) is 0 Å². The normalized spacial score (nSPS) is 22.8. The summed E-state index contributed by atoms with van der Waals surface area (Å²) in [5.41, 5.74) is 0. The molecule has 1 N–H and O–H groups in total. The van der Waals surface area contributed by atoms with Crippen molar-refractivity contribution in [2.75, 3.05) is 19.6 Å². The van der Waals surface area contributed by atoms with Gasteiger partial charge in [-0.3, -0.25) is 9.69 Å². The zero-order chi connectivity index (χ0) is 9.97. The Balaban J connectivity index is 1.89. The number of Topliss-reactive ketones (excluding diaryl/α,β-unsaturated/α-hetero) is 1. The molecule has 0 aliphatic carbocycles. The van der Waals surface area contributed by atoms with E-state index in [-0.39, 0.29) is 11.9 Å². The molecule has 76 valence electrons. The monoisotopic (exact) mass is 211 g/mol. The number of hydrogen-bond donors (Lipinski definition) is 1. The molecule has 0 saturated carbocycles. The minimum absolute atomic E-state index is 0.161. The van der Waals surface area contributed by atoms with Crippen LogP contribution in [0.15, 0.2) is 17.5 Å². The van der Waals surface area contributed by atoms with Crippen LogP contribution in [0.2, 0.25) is 0 Å². The Morgan fingerprint density at radius 1 is 1.71 bits per heavy atom. The molecule has 1 aliphatic heterocycles. The Labute approximate surface area is 87.0 Å². The molecule has 2 heterocycles. The lowest BCUT2D eigenvalue weighted by Gasteiger charge is -2.12. The Hall–Kier alpha value is -0.710. The molecule has 0 radical (unpaired) electrons. The van der Waals surface area contributed by atoms with Crippen molar-refractivity contribution in [2.24, 2.45) is 0 Å². The van der Waals surface area contributed by atoms with Crippen molar-refractivity contribution in [3.63, 3.8) is 0 Å². The highest BCUT2D eigenvalue weighted by atomic mass is 32.1. The zero-order valence-corrected chi connectivity index (χ0v) is 8.67. The number of aliphatic hydroxyl groups is 1. The molecule has 0 aromatic carbocycles. The molecule has 2 rings (SSSR count). The van der Waals surface area contributed by atoms with Gasteiger partial charge < -0.3 is 5.11 Å². The van der Waals surface area contributed by atoms with E-state index in [1.54, 1.807) is 0 Å². The summed E-state index contributed by atoms with van der Waals surface area (Å²) in [6.45, 7) is 1.91. The smallest absolute Gasteiger partial charge is 0.186 e. The van der Waals surface area contributed by atoms with Gasteiger partial charge in [0, 0.05) is 13.1 Å². The predicted octanol–water partition coefficient (Wildman–Crippen LogP) is 0.997. The number of likely N-dealkylation sites (tertiary alicyclic amines) is 1. The molecule has 1 saturated heterocycles. The van der Waals surface area contributed by atoms with Crippen molar-refractivity contribution in [3.05, 3.63) is 22.4 Å². The topological polar surface area (TPSA) is 40.5 Å². The fraction of sp³-hybridized carbons (Fsp3) is 0.500. The van der Waals surface area contributed by atoms with Gasteiger partial charge in [-0.25, -0.2) is 0 Å². The highest BCUT2D eigenvalue weighted by Crippen LogP contribution is 2.13. The molecule has 0 bridgehead atoms. The molecule has 0 spiro atoms. The van der Waals surface area contributed by atoms with Crippen LogP contribution in [0.5, 0.6) is 0 Å². The molecule has 1 aromatic heterocycles. The van der Waals surface area contributed by atoms with E-state index in [1.807, 2.05) is 22.4 Å². The van der Waals surface area contributed by atoms with E-state index >= 15 is 0 Å². The number of carbonyl (C=O) groups excluding carboxylic acids is 1. The van der Waals surface area contributed by atoms with Crippen LogP contribution < -0.4 is 0 Å². The quantitative estimate of drug-likeness (QED) is 0.758. The number of hydrogen-bond acceptors (Lipinski definition) is 4. The first kappa shape index (κ1) is 9.83. The minimum Gasteiger partial charge on any atom is -0.392 e. The number of ketones is 1. The van der Waals surface area contributed by atoms with E-state index in [0.717, 1.165) is 17.8 Å². The molecular formula is C10H13NO2S. The van der Waals surface area contributed by atoms with E-state index in [1.165, 1.54) is 11.3 Å². The Morgan fingerprint density at radius 2 is 2.57 bits per heavy atom. The first-order chi connectivity index (χ1) is 6.75. The summed E-state index contributed by atoms with van der Waals surface area (Å²) < 4.78 is 0. The van der Waals surface area contributed by atoms with E-state index < -0.39 is 0 Å². The van der Waals surface area contributed by atoms with Gasteiger partial charge >= 0.3 is 0 Å². The largest absolute Gasteiger partial charge is 0.392 e. The number of nitrogens with zero attached hydrogens (tertiary/aromatic N) is 1. The van der Waals surface area contributed by atoms with Gasteiger partial charge in [-0.1, -0.05) is 6.07 Å². The Morgan fingerprint density at radius 3 is 3.14 bits per heavy atom. The van der Waals surface area contributed by atoms with Crippen LogP contribution in [-0.4, -0.2) is 41.5 Å². The number of carbonyl (C=O) groups is 1. The highest BCUT2D eigenvalue weighted by Gasteiger charge is 2.22. The first-order valence-corrected chi connectivity index (χ1v) is 5.61. The van der Waals surface area contributed by atoms with Crippen LogP contribution in [0, 0.1) is 0 Å². The third-order valence-electron chi connectivity index (χ3n) is 2.41. The second-order valence-corrected chi connectivity index (χ2v) is 4.53. The summed E-state index contributed by atoms with van der Waals surface area (Å²) in [7, 11) is 0. The van der Waals surface area contributed by atoms with Gasteiger partial charge in [-0.05, 0) is 17.9 Å². The fourth-order valence-electron chi connectivity index (χ4n) is 1.67. The van der Waals surface area contributed by atoms with Gasteiger partial charge in [0.15, 0.2) is 5.78 Å². The van der Waals surface area contributed by atoms with Crippen molar-refractivity contribution >= 4 is 17.1 Å². The second-order valence-electron chi connectivity index (χ2n) is 3.58. The van der Waals surface area contributed by atoms with Crippen molar-refractivity contribution in [3.8, 4) is 0 Å². The lowest BCUT2D eigenvalue weighted by atomic mass is 10.3. The Bertz CT molecular complexity index is 310. The maximum atomic E-state index is 11.7. The molecule has 1 aromatic rings. The third-order valence-corrected chi connectivity index (χ3v) is 3.32. The van der Waals surface area contributed by atoms with Gasteiger partial charge in [0.1, 0.15) is 0 Å².